The summed E-state index contributed by atoms with van der Waals surface area (Å²) >= 11 is 0. The van der Waals surface area contributed by atoms with E-state index in [1.165, 1.54) is 0 Å². The molecule has 0 aromatic heterocycles. The highest BCUT2D eigenvalue weighted by molar-refractivity contribution is 5.79. The maximum absolute atomic E-state index is 12.7. The van der Waals surface area contributed by atoms with Crippen molar-refractivity contribution in [1.82, 2.24) is 4.90 Å². The van der Waals surface area contributed by atoms with Crippen LogP contribution in [0.2, 0.25) is 0 Å². The number of carbonyl (C=O) groups excluding carboxylic acids is 1. The molecule has 1 saturated heterocycles. The molecule has 2 fully saturated rings. The van der Waals surface area contributed by atoms with Crippen LogP contribution in [0.25, 0.3) is 0 Å². The monoisotopic (exact) mass is 282 g/mol. The summed E-state index contributed by atoms with van der Waals surface area (Å²) in [6, 6.07) is 0.199. The van der Waals surface area contributed by atoms with Crippen LogP contribution in [0.3, 0.4) is 0 Å². The molecule has 2 rings (SSSR count). The first kappa shape index (κ1) is 15.8. The van der Waals surface area contributed by atoms with Crippen molar-refractivity contribution in [2.75, 3.05) is 19.7 Å². The van der Waals surface area contributed by atoms with Crippen LogP contribution < -0.4 is 5.73 Å². The van der Waals surface area contributed by atoms with Crippen molar-refractivity contribution in [3.05, 3.63) is 0 Å². The fourth-order valence-electron chi connectivity index (χ4n) is 3.68. The van der Waals surface area contributed by atoms with E-state index in [9.17, 15) is 4.79 Å². The first-order valence-corrected chi connectivity index (χ1v) is 8.26. The average Bonchev–Trinajstić information content (AvgIpc) is 2.43. The third-order valence-electron chi connectivity index (χ3n) is 4.58. The highest BCUT2D eigenvalue weighted by Crippen LogP contribution is 2.30. The van der Waals surface area contributed by atoms with Crippen LogP contribution in [0.5, 0.6) is 0 Å². The van der Waals surface area contributed by atoms with Gasteiger partial charge in [0.1, 0.15) is 0 Å². The van der Waals surface area contributed by atoms with Gasteiger partial charge in [0.25, 0.3) is 0 Å². The van der Waals surface area contributed by atoms with Crippen molar-refractivity contribution in [2.45, 2.75) is 64.5 Å². The van der Waals surface area contributed by atoms with Crippen molar-refractivity contribution < 1.29 is 9.53 Å². The van der Waals surface area contributed by atoms with Gasteiger partial charge in [0.05, 0.1) is 6.10 Å². The van der Waals surface area contributed by atoms with Crippen molar-refractivity contribution >= 4 is 5.91 Å². The van der Waals surface area contributed by atoms with Gasteiger partial charge in [0.2, 0.25) is 5.91 Å². The van der Waals surface area contributed by atoms with Gasteiger partial charge < -0.3 is 15.4 Å². The van der Waals surface area contributed by atoms with Gasteiger partial charge in [-0.1, -0.05) is 13.8 Å². The standard InChI is InChI=1S/C16H30N2O2/c1-3-7-20-15-5-4-6-18(11-15)16(19)13-8-12(2)9-14(17)10-13/h12-15H,3-11,17H2,1-2H3. The number of nitrogens with zero attached hydrogens (tertiary/aromatic N) is 1. The summed E-state index contributed by atoms with van der Waals surface area (Å²) in [6.45, 7) is 6.81. The van der Waals surface area contributed by atoms with Crippen LogP contribution in [0.4, 0.5) is 0 Å². The predicted octanol–water partition coefficient (Wildman–Crippen LogP) is 2.17. The Morgan fingerprint density at radius 1 is 1.35 bits per heavy atom. The van der Waals surface area contributed by atoms with Crippen LogP contribution in [0.15, 0.2) is 0 Å². The van der Waals surface area contributed by atoms with E-state index in [0.29, 0.717) is 11.8 Å². The summed E-state index contributed by atoms with van der Waals surface area (Å²) in [5, 5.41) is 0. The summed E-state index contributed by atoms with van der Waals surface area (Å²) in [5.41, 5.74) is 6.08. The molecule has 2 N–H and O–H groups in total. The summed E-state index contributed by atoms with van der Waals surface area (Å²) in [7, 11) is 0. The van der Waals surface area contributed by atoms with E-state index < -0.39 is 0 Å². The van der Waals surface area contributed by atoms with E-state index in [4.69, 9.17) is 10.5 Å². The Balaban J connectivity index is 1.87. The first-order chi connectivity index (χ1) is 9.60. The summed E-state index contributed by atoms with van der Waals surface area (Å²) in [5.74, 6) is 1.03. The largest absolute Gasteiger partial charge is 0.376 e. The SMILES string of the molecule is CCCOC1CCCN(C(=O)C2CC(C)CC(N)C2)C1. The van der Waals surface area contributed by atoms with Gasteiger partial charge in [-0.15, -0.1) is 0 Å². The molecule has 0 aromatic carbocycles. The fraction of sp³-hybridized carbons (Fsp3) is 0.938. The zero-order chi connectivity index (χ0) is 14.5. The molecule has 4 heteroatoms. The second-order valence-corrected chi connectivity index (χ2v) is 6.69. The van der Waals surface area contributed by atoms with E-state index in [2.05, 4.69) is 13.8 Å². The van der Waals surface area contributed by atoms with Gasteiger partial charge in [0.15, 0.2) is 0 Å². The van der Waals surface area contributed by atoms with E-state index in [1.807, 2.05) is 4.90 Å². The number of hydrogen-bond acceptors (Lipinski definition) is 3. The normalized spacial score (nSPS) is 35.0. The zero-order valence-corrected chi connectivity index (χ0v) is 13.0. The number of ether oxygens (including phenoxy) is 1. The predicted molar refractivity (Wildman–Crippen MR) is 80.3 cm³/mol. The Labute approximate surface area is 123 Å². The zero-order valence-electron chi connectivity index (χ0n) is 13.0. The van der Waals surface area contributed by atoms with Crippen molar-refractivity contribution in [1.29, 1.82) is 0 Å². The molecule has 0 aromatic rings. The van der Waals surface area contributed by atoms with Crippen LogP contribution in [-0.4, -0.2) is 42.6 Å². The number of piperidine rings is 1. The van der Waals surface area contributed by atoms with Gasteiger partial charge in [0, 0.05) is 31.7 Å². The van der Waals surface area contributed by atoms with E-state index in [0.717, 1.165) is 58.2 Å². The molecule has 4 nitrogen and oxygen atoms in total. The minimum absolute atomic E-state index is 0.138. The summed E-state index contributed by atoms with van der Waals surface area (Å²) < 4.78 is 5.82. The molecule has 1 saturated carbocycles. The number of rotatable bonds is 4. The minimum Gasteiger partial charge on any atom is -0.376 e. The molecule has 1 heterocycles. The van der Waals surface area contributed by atoms with Crippen LogP contribution in [-0.2, 0) is 9.53 Å². The second-order valence-electron chi connectivity index (χ2n) is 6.69. The molecule has 0 spiro atoms. The van der Waals surface area contributed by atoms with Crippen LogP contribution in [0.1, 0.15) is 52.4 Å². The lowest BCUT2D eigenvalue weighted by Gasteiger charge is -2.38. The molecule has 4 atom stereocenters. The van der Waals surface area contributed by atoms with Crippen LogP contribution >= 0.6 is 0 Å². The third-order valence-corrected chi connectivity index (χ3v) is 4.58. The Hall–Kier alpha value is -0.610. The molecule has 2 aliphatic rings. The molecule has 116 valence electrons. The van der Waals surface area contributed by atoms with Crippen molar-refractivity contribution in [2.24, 2.45) is 17.6 Å². The highest BCUT2D eigenvalue weighted by atomic mass is 16.5. The van der Waals surface area contributed by atoms with E-state index in [1.54, 1.807) is 0 Å². The summed E-state index contributed by atoms with van der Waals surface area (Å²) in [4.78, 5) is 14.7. The van der Waals surface area contributed by atoms with E-state index in [-0.39, 0.29) is 18.1 Å². The average molecular weight is 282 g/mol. The molecule has 4 unspecified atom stereocenters. The molecule has 1 aliphatic heterocycles. The number of amides is 1. The second kappa shape index (κ2) is 7.41. The number of nitrogens with two attached hydrogens (primary N) is 1. The first-order valence-electron chi connectivity index (χ1n) is 8.26. The van der Waals surface area contributed by atoms with Crippen molar-refractivity contribution in [3.63, 3.8) is 0 Å². The minimum atomic E-state index is 0.138. The molecular weight excluding hydrogens is 252 g/mol. The Morgan fingerprint density at radius 2 is 2.15 bits per heavy atom. The fourth-order valence-corrected chi connectivity index (χ4v) is 3.68. The molecule has 1 aliphatic carbocycles. The maximum atomic E-state index is 12.7. The van der Waals surface area contributed by atoms with Gasteiger partial charge in [-0.25, -0.2) is 0 Å². The highest BCUT2D eigenvalue weighted by Gasteiger charge is 2.34. The number of carbonyl (C=O) groups is 1. The lowest BCUT2D eigenvalue weighted by Crippen LogP contribution is -2.48. The Morgan fingerprint density at radius 3 is 2.85 bits per heavy atom. The van der Waals surface area contributed by atoms with Gasteiger partial charge in [-0.2, -0.15) is 0 Å². The molecule has 0 bridgehead atoms. The topological polar surface area (TPSA) is 55.6 Å². The number of hydrogen-bond donors (Lipinski definition) is 1. The molecule has 20 heavy (non-hydrogen) atoms. The summed E-state index contributed by atoms with van der Waals surface area (Å²) in [6.07, 6.45) is 6.36. The van der Waals surface area contributed by atoms with Gasteiger partial charge in [-0.05, 0) is 44.4 Å². The molecule has 1 amide bonds. The van der Waals surface area contributed by atoms with E-state index >= 15 is 0 Å². The molecule has 0 radical (unpaired) electrons. The smallest absolute Gasteiger partial charge is 0.225 e. The maximum Gasteiger partial charge on any atom is 0.225 e. The van der Waals surface area contributed by atoms with Gasteiger partial charge >= 0.3 is 0 Å². The van der Waals surface area contributed by atoms with Crippen molar-refractivity contribution in [3.8, 4) is 0 Å². The Bertz CT molecular complexity index is 312. The lowest BCUT2D eigenvalue weighted by atomic mass is 9.79. The quantitative estimate of drug-likeness (QED) is 0.859. The van der Waals surface area contributed by atoms with Gasteiger partial charge in [-0.3, -0.25) is 4.79 Å². The third kappa shape index (κ3) is 4.19. The van der Waals surface area contributed by atoms with Crippen LogP contribution in [0, 0.1) is 11.8 Å². The molecular formula is C16H30N2O2. The lowest BCUT2D eigenvalue weighted by molar-refractivity contribution is -0.141. The number of likely N-dealkylation sites (tertiary alicyclic amines) is 1. The Kier molecular flexibility index (Phi) is 5.85.